The van der Waals surface area contributed by atoms with Gasteiger partial charge in [-0.3, -0.25) is 14.7 Å². The number of ether oxygens (including phenoxy) is 1. The third-order valence-electron chi connectivity index (χ3n) is 6.53. The minimum Gasteiger partial charge on any atom is -0.490 e. The molecule has 6 heteroatoms. The molecule has 5 rings (SSSR count). The molecule has 1 aliphatic heterocycles. The summed E-state index contributed by atoms with van der Waals surface area (Å²) in [5.74, 6) is 1.12. The number of pyridine rings is 1. The smallest absolute Gasteiger partial charge is 0.227 e. The molecule has 5 nitrogen and oxygen atoms in total. The van der Waals surface area contributed by atoms with Gasteiger partial charge in [0.05, 0.1) is 11.9 Å². The number of piperidine rings is 1. The quantitative estimate of drug-likeness (QED) is 0.329. The van der Waals surface area contributed by atoms with Crippen molar-refractivity contribution in [3.8, 4) is 5.75 Å². The molecule has 4 aromatic rings. The molecule has 2 aromatic carbocycles. The molecule has 1 amide bonds. The molecule has 1 saturated heterocycles. The Morgan fingerprint density at radius 1 is 1.03 bits per heavy atom. The van der Waals surface area contributed by atoms with Crippen LogP contribution in [-0.4, -0.2) is 46.9 Å². The van der Waals surface area contributed by atoms with E-state index in [4.69, 9.17) is 4.74 Å². The van der Waals surface area contributed by atoms with E-state index in [1.54, 1.807) is 11.3 Å². The van der Waals surface area contributed by atoms with E-state index in [9.17, 15) is 4.79 Å². The molecule has 35 heavy (non-hydrogen) atoms. The van der Waals surface area contributed by atoms with Gasteiger partial charge in [0, 0.05) is 50.6 Å². The Labute approximate surface area is 211 Å². The fraction of sp³-hybridized carbons (Fsp3) is 0.310. The number of rotatable bonds is 8. The number of fused-ring (bicyclic) bond motifs is 1. The molecule has 2 aromatic heterocycles. The molecular formula is C29H31N3O2S. The third kappa shape index (κ3) is 6.27. The van der Waals surface area contributed by atoms with Crippen LogP contribution in [0.25, 0.3) is 10.9 Å². The lowest BCUT2D eigenvalue weighted by molar-refractivity contribution is -0.132. The van der Waals surface area contributed by atoms with Crippen LogP contribution in [0.4, 0.5) is 0 Å². The predicted octanol–water partition coefficient (Wildman–Crippen LogP) is 5.54. The molecule has 3 heterocycles. The van der Waals surface area contributed by atoms with Crippen LogP contribution >= 0.6 is 11.3 Å². The van der Waals surface area contributed by atoms with Crippen LogP contribution in [0.5, 0.6) is 5.75 Å². The first-order valence-electron chi connectivity index (χ1n) is 12.2. The van der Waals surface area contributed by atoms with Gasteiger partial charge < -0.3 is 9.64 Å². The van der Waals surface area contributed by atoms with E-state index in [2.05, 4.69) is 70.8 Å². The molecule has 0 atom stereocenters. The number of amides is 1. The topological polar surface area (TPSA) is 45.7 Å². The van der Waals surface area contributed by atoms with Crippen LogP contribution in [0.3, 0.4) is 0 Å². The van der Waals surface area contributed by atoms with Crippen molar-refractivity contribution in [1.82, 2.24) is 14.8 Å². The number of likely N-dealkylation sites (tertiary alicyclic amines) is 1. The highest BCUT2D eigenvalue weighted by Gasteiger charge is 2.24. The second kappa shape index (κ2) is 11.0. The molecule has 0 radical (unpaired) electrons. The van der Waals surface area contributed by atoms with Crippen LogP contribution in [-0.2, 0) is 24.3 Å². The lowest BCUT2D eigenvalue weighted by Gasteiger charge is -2.32. The van der Waals surface area contributed by atoms with Crippen molar-refractivity contribution in [3.63, 3.8) is 0 Å². The van der Waals surface area contributed by atoms with Crippen LogP contribution < -0.4 is 4.74 Å². The van der Waals surface area contributed by atoms with E-state index in [1.807, 2.05) is 28.6 Å². The fourth-order valence-corrected chi connectivity index (χ4v) is 5.34. The molecule has 0 spiro atoms. The normalized spacial score (nSPS) is 14.5. The zero-order chi connectivity index (χ0) is 24.0. The van der Waals surface area contributed by atoms with E-state index in [1.165, 1.54) is 16.5 Å². The molecule has 1 fully saturated rings. The molecular weight excluding hydrogens is 454 g/mol. The third-order valence-corrected chi connectivity index (χ3v) is 7.26. The molecule has 0 aliphatic carbocycles. The summed E-state index contributed by atoms with van der Waals surface area (Å²) >= 11 is 1.64. The zero-order valence-corrected chi connectivity index (χ0v) is 20.9. The second-order valence-corrected chi connectivity index (χ2v) is 10.1. The first-order valence-corrected chi connectivity index (χ1v) is 13.1. The van der Waals surface area contributed by atoms with Gasteiger partial charge >= 0.3 is 0 Å². The van der Waals surface area contributed by atoms with E-state index >= 15 is 0 Å². The molecule has 1 aliphatic rings. The van der Waals surface area contributed by atoms with Gasteiger partial charge in [0.25, 0.3) is 0 Å². The van der Waals surface area contributed by atoms with Gasteiger partial charge in [-0.25, -0.2) is 0 Å². The summed E-state index contributed by atoms with van der Waals surface area (Å²) in [5.41, 5.74) is 4.69. The molecule has 0 unspecified atom stereocenters. The summed E-state index contributed by atoms with van der Waals surface area (Å²) in [6, 6.07) is 21.0. The number of carbonyl (C=O) groups is 1. The lowest BCUT2D eigenvalue weighted by Crippen LogP contribution is -2.42. The van der Waals surface area contributed by atoms with E-state index in [0.29, 0.717) is 6.42 Å². The van der Waals surface area contributed by atoms with Crippen molar-refractivity contribution in [2.24, 2.45) is 0 Å². The average molecular weight is 486 g/mol. The number of nitrogens with zero attached hydrogens (tertiary/aromatic N) is 3. The number of thiophene rings is 1. The first kappa shape index (κ1) is 23.5. The van der Waals surface area contributed by atoms with E-state index in [0.717, 1.165) is 55.9 Å². The highest BCUT2D eigenvalue weighted by molar-refractivity contribution is 7.08. The largest absolute Gasteiger partial charge is 0.490 e. The Morgan fingerprint density at radius 3 is 2.57 bits per heavy atom. The maximum absolute atomic E-state index is 12.5. The molecule has 0 N–H and O–H groups in total. The van der Waals surface area contributed by atoms with Crippen molar-refractivity contribution >= 4 is 28.1 Å². The summed E-state index contributed by atoms with van der Waals surface area (Å²) in [6.07, 6.45) is 4.25. The van der Waals surface area contributed by atoms with Crippen molar-refractivity contribution in [1.29, 1.82) is 0 Å². The number of carbonyl (C=O) groups excluding carboxylic acids is 1. The Bertz CT molecular complexity index is 1250. The maximum atomic E-state index is 12.5. The second-order valence-electron chi connectivity index (χ2n) is 9.35. The Balaban J connectivity index is 1.08. The highest BCUT2D eigenvalue weighted by atomic mass is 32.1. The average Bonchev–Trinajstić information content (AvgIpc) is 3.38. The van der Waals surface area contributed by atoms with Crippen LogP contribution in [0.1, 0.15) is 29.5 Å². The van der Waals surface area contributed by atoms with E-state index in [-0.39, 0.29) is 12.0 Å². The number of aromatic nitrogens is 1. The standard InChI is InChI=1S/C29H31N3O2S/c1-31(20-23-6-9-28-25(17-23)3-2-13-30-28)19-22-4-7-26(8-5-22)34-27-10-14-32(15-11-27)29(33)18-24-12-16-35-21-24/h2-9,12-13,16-17,21,27H,10-11,14-15,18-20H2,1H3. The van der Waals surface area contributed by atoms with Gasteiger partial charge in [0.15, 0.2) is 0 Å². The molecule has 180 valence electrons. The maximum Gasteiger partial charge on any atom is 0.227 e. The molecule has 0 saturated carbocycles. The minimum atomic E-state index is 0.163. The summed E-state index contributed by atoms with van der Waals surface area (Å²) in [7, 11) is 2.14. The summed E-state index contributed by atoms with van der Waals surface area (Å²) in [5, 5.41) is 5.25. The Kier molecular flexibility index (Phi) is 7.40. The minimum absolute atomic E-state index is 0.163. The van der Waals surface area contributed by atoms with Gasteiger partial charge in [0.1, 0.15) is 11.9 Å². The van der Waals surface area contributed by atoms with Crippen molar-refractivity contribution in [2.75, 3.05) is 20.1 Å². The number of hydrogen-bond donors (Lipinski definition) is 0. The number of hydrogen-bond acceptors (Lipinski definition) is 5. The van der Waals surface area contributed by atoms with E-state index < -0.39 is 0 Å². The first-order chi connectivity index (χ1) is 17.1. The van der Waals surface area contributed by atoms with Crippen molar-refractivity contribution in [3.05, 3.63) is 94.3 Å². The monoisotopic (exact) mass is 485 g/mol. The van der Waals surface area contributed by atoms with Gasteiger partial charge in [-0.2, -0.15) is 11.3 Å². The lowest BCUT2D eigenvalue weighted by atomic mass is 10.1. The van der Waals surface area contributed by atoms with Gasteiger partial charge in [0.2, 0.25) is 5.91 Å². The Morgan fingerprint density at radius 2 is 1.80 bits per heavy atom. The Hall–Kier alpha value is -3.22. The summed E-state index contributed by atoms with van der Waals surface area (Å²) in [4.78, 5) is 21.2. The molecule has 0 bridgehead atoms. The predicted molar refractivity (Wildman–Crippen MR) is 142 cm³/mol. The SMILES string of the molecule is CN(Cc1ccc(OC2CCN(C(=O)Cc3ccsc3)CC2)cc1)Cc1ccc2ncccc2c1. The number of benzene rings is 2. The summed E-state index contributed by atoms with van der Waals surface area (Å²) in [6.45, 7) is 3.28. The van der Waals surface area contributed by atoms with Crippen LogP contribution in [0.2, 0.25) is 0 Å². The van der Waals surface area contributed by atoms with Gasteiger partial charge in [-0.1, -0.05) is 24.3 Å². The van der Waals surface area contributed by atoms with Gasteiger partial charge in [-0.15, -0.1) is 0 Å². The van der Waals surface area contributed by atoms with Crippen molar-refractivity contribution < 1.29 is 9.53 Å². The zero-order valence-electron chi connectivity index (χ0n) is 20.1. The fourth-order valence-electron chi connectivity index (χ4n) is 4.67. The van der Waals surface area contributed by atoms with Gasteiger partial charge in [-0.05, 0) is 70.9 Å². The summed E-state index contributed by atoms with van der Waals surface area (Å²) < 4.78 is 6.23. The van der Waals surface area contributed by atoms with Crippen molar-refractivity contribution in [2.45, 2.75) is 38.5 Å². The van der Waals surface area contributed by atoms with Crippen LogP contribution in [0, 0.1) is 0 Å². The highest BCUT2D eigenvalue weighted by Crippen LogP contribution is 2.22. The van der Waals surface area contributed by atoms with Crippen LogP contribution in [0.15, 0.2) is 77.6 Å².